The summed E-state index contributed by atoms with van der Waals surface area (Å²) in [5.74, 6) is -0.543. The van der Waals surface area contributed by atoms with E-state index in [1.165, 1.54) is 18.3 Å². The van der Waals surface area contributed by atoms with Gasteiger partial charge >= 0.3 is 0 Å². The number of rotatable bonds is 2. The van der Waals surface area contributed by atoms with Gasteiger partial charge in [0.15, 0.2) is 0 Å². The molecule has 0 saturated carbocycles. The lowest BCUT2D eigenvalue weighted by Crippen LogP contribution is -2.35. The molecule has 1 aromatic carbocycles. The van der Waals surface area contributed by atoms with E-state index >= 15 is 0 Å². The Balaban J connectivity index is 1.93. The molecular formula is C17H18FN3O2. The molecule has 0 aliphatic carbocycles. The highest BCUT2D eigenvalue weighted by atomic mass is 19.1. The Bertz CT molecular complexity index is 739. The van der Waals surface area contributed by atoms with Crippen molar-refractivity contribution in [3.8, 4) is 0 Å². The van der Waals surface area contributed by atoms with Gasteiger partial charge in [0.25, 0.3) is 11.5 Å². The van der Waals surface area contributed by atoms with Gasteiger partial charge in [-0.1, -0.05) is 25.0 Å². The molecule has 5 nitrogen and oxygen atoms in total. The zero-order valence-corrected chi connectivity index (χ0v) is 12.7. The van der Waals surface area contributed by atoms with E-state index in [0.29, 0.717) is 6.54 Å². The van der Waals surface area contributed by atoms with Crippen molar-refractivity contribution in [1.29, 1.82) is 0 Å². The Labute approximate surface area is 133 Å². The number of benzene rings is 1. The maximum Gasteiger partial charge on any atom is 0.274 e. The Morgan fingerprint density at radius 2 is 2.17 bits per heavy atom. The van der Waals surface area contributed by atoms with Gasteiger partial charge in [0.1, 0.15) is 11.5 Å². The smallest absolute Gasteiger partial charge is 0.274 e. The highest BCUT2D eigenvalue weighted by Crippen LogP contribution is 2.31. The zero-order valence-electron chi connectivity index (χ0n) is 12.7. The van der Waals surface area contributed by atoms with Crippen LogP contribution in [0.1, 0.15) is 47.8 Å². The van der Waals surface area contributed by atoms with E-state index in [1.54, 1.807) is 11.0 Å². The van der Waals surface area contributed by atoms with Gasteiger partial charge in [0.2, 0.25) is 0 Å². The SMILES string of the molecule is O=C(c1c[nH]c(=O)cn1)N1CCCCC[C@@H]1c1cccc(F)c1. The number of aromatic nitrogens is 2. The molecule has 2 aromatic rings. The molecule has 1 aromatic heterocycles. The van der Waals surface area contributed by atoms with Gasteiger partial charge in [-0.3, -0.25) is 9.59 Å². The van der Waals surface area contributed by atoms with Crippen molar-refractivity contribution in [2.24, 2.45) is 0 Å². The number of likely N-dealkylation sites (tertiary alicyclic amines) is 1. The predicted octanol–water partition coefficient (Wildman–Crippen LogP) is 2.67. The van der Waals surface area contributed by atoms with Gasteiger partial charge in [0.05, 0.1) is 12.2 Å². The molecule has 2 heterocycles. The van der Waals surface area contributed by atoms with E-state index < -0.39 is 0 Å². The molecule has 0 spiro atoms. The number of hydrogen-bond donors (Lipinski definition) is 1. The van der Waals surface area contributed by atoms with Crippen molar-refractivity contribution >= 4 is 5.91 Å². The van der Waals surface area contributed by atoms with Gasteiger partial charge in [-0.05, 0) is 30.5 Å². The molecule has 1 amide bonds. The number of hydrogen-bond acceptors (Lipinski definition) is 3. The van der Waals surface area contributed by atoms with Crippen molar-refractivity contribution in [2.45, 2.75) is 31.7 Å². The van der Waals surface area contributed by atoms with Crippen molar-refractivity contribution in [3.63, 3.8) is 0 Å². The Morgan fingerprint density at radius 3 is 2.91 bits per heavy atom. The van der Waals surface area contributed by atoms with Crippen LogP contribution in [0.25, 0.3) is 0 Å². The number of carbonyl (C=O) groups excluding carboxylic acids is 1. The van der Waals surface area contributed by atoms with Gasteiger partial charge in [-0.25, -0.2) is 9.37 Å². The van der Waals surface area contributed by atoms with Gasteiger partial charge < -0.3 is 9.88 Å². The molecule has 1 saturated heterocycles. The first-order chi connectivity index (χ1) is 11.1. The van der Waals surface area contributed by atoms with E-state index in [0.717, 1.165) is 37.4 Å². The third kappa shape index (κ3) is 3.47. The predicted molar refractivity (Wildman–Crippen MR) is 83.5 cm³/mol. The van der Waals surface area contributed by atoms with E-state index in [-0.39, 0.29) is 29.0 Å². The Morgan fingerprint density at radius 1 is 1.30 bits per heavy atom. The molecule has 120 valence electrons. The third-order valence-electron chi connectivity index (χ3n) is 4.14. The molecule has 0 unspecified atom stereocenters. The number of halogens is 1. The van der Waals surface area contributed by atoms with Crippen LogP contribution >= 0.6 is 0 Å². The summed E-state index contributed by atoms with van der Waals surface area (Å²) in [6, 6.07) is 6.22. The summed E-state index contributed by atoms with van der Waals surface area (Å²) < 4.78 is 13.6. The number of aromatic amines is 1. The van der Waals surface area contributed by atoms with Gasteiger partial charge in [0, 0.05) is 12.7 Å². The van der Waals surface area contributed by atoms with Crippen LogP contribution in [0.5, 0.6) is 0 Å². The van der Waals surface area contributed by atoms with Gasteiger partial charge in [-0.2, -0.15) is 0 Å². The van der Waals surface area contributed by atoms with E-state index in [4.69, 9.17) is 0 Å². The van der Waals surface area contributed by atoms with Gasteiger partial charge in [-0.15, -0.1) is 0 Å². The molecule has 1 fully saturated rings. The first kappa shape index (κ1) is 15.4. The average molecular weight is 315 g/mol. The summed E-state index contributed by atoms with van der Waals surface area (Å²) in [6.07, 6.45) is 6.15. The molecule has 6 heteroatoms. The normalized spacial score (nSPS) is 18.5. The maximum atomic E-state index is 13.6. The largest absolute Gasteiger partial charge is 0.330 e. The summed E-state index contributed by atoms with van der Waals surface area (Å²) in [6.45, 7) is 0.598. The summed E-state index contributed by atoms with van der Waals surface area (Å²) in [7, 11) is 0. The second kappa shape index (κ2) is 6.73. The molecule has 1 aliphatic rings. The lowest BCUT2D eigenvalue weighted by molar-refractivity contribution is 0.0674. The van der Waals surface area contributed by atoms with Crippen LogP contribution in [-0.4, -0.2) is 27.3 Å². The Hall–Kier alpha value is -2.50. The fourth-order valence-corrected chi connectivity index (χ4v) is 3.02. The van der Waals surface area contributed by atoms with Crippen LogP contribution in [0.3, 0.4) is 0 Å². The molecule has 0 bridgehead atoms. The second-order valence-corrected chi connectivity index (χ2v) is 5.72. The fraction of sp³-hybridized carbons (Fsp3) is 0.353. The van der Waals surface area contributed by atoms with Crippen LogP contribution in [0, 0.1) is 5.82 Å². The number of carbonyl (C=O) groups is 1. The minimum atomic E-state index is -0.348. The minimum Gasteiger partial charge on any atom is -0.330 e. The molecule has 3 rings (SSSR count). The first-order valence-corrected chi connectivity index (χ1v) is 7.76. The average Bonchev–Trinajstić information content (AvgIpc) is 2.81. The number of amides is 1. The van der Waals surface area contributed by atoms with Crippen LogP contribution in [-0.2, 0) is 0 Å². The standard InChI is InChI=1S/C17H18FN3O2/c18-13-6-4-5-12(9-13)15-7-2-1-3-8-21(15)17(23)14-10-20-16(22)11-19-14/h4-6,9-11,15H,1-3,7-8H2,(H,20,22)/t15-/m1/s1. The highest BCUT2D eigenvalue weighted by molar-refractivity contribution is 5.92. The van der Waals surface area contributed by atoms with Crippen LogP contribution in [0.15, 0.2) is 41.5 Å². The fourth-order valence-electron chi connectivity index (χ4n) is 3.02. The summed E-state index contributed by atoms with van der Waals surface area (Å²) in [5, 5.41) is 0. The van der Waals surface area contributed by atoms with E-state index in [9.17, 15) is 14.0 Å². The van der Waals surface area contributed by atoms with E-state index in [2.05, 4.69) is 9.97 Å². The molecule has 1 aliphatic heterocycles. The quantitative estimate of drug-likeness (QED) is 0.926. The zero-order chi connectivity index (χ0) is 16.2. The van der Waals surface area contributed by atoms with Crippen molar-refractivity contribution in [1.82, 2.24) is 14.9 Å². The molecule has 1 atom stereocenters. The second-order valence-electron chi connectivity index (χ2n) is 5.72. The lowest BCUT2D eigenvalue weighted by Gasteiger charge is -2.30. The van der Waals surface area contributed by atoms with Crippen LogP contribution in [0.4, 0.5) is 4.39 Å². The molecule has 0 radical (unpaired) electrons. The number of nitrogens with zero attached hydrogens (tertiary/aromatic N) is 2. The van der Waals surface area contributed by atoms with Crippen LogP contribution < -0.4 is 5.56 Å². The maximum absolute atomic E-state index is 13.6. The van der Waals surface area contributed by atoms with E-state index in [1.807, 2.05) is 6.07 Å². The third-order valence-corrected chi connectivity index (χ3v) is 4.14. The first-order valence-electron chi connectivity index (χ1n) is 7.76. The molecule has 1 N–H and O–H groups in total. The molecule has 23 heavy (non-hydrogen) atoms. The summed E-state index contributed by atoms with van der Waals surface area (Å²) >= 11 is 0. The topological polar surface area (TPSA) is 66.1 Å². The van der Waals surface area contributed by atoms with Crippen molar-refractivity contribution in [2.75, 3.05) is 6.54 Å². The molecular weight excluding hydrogens is 297 g/mol. The van der Waals surface area contributed by atoms with Crippen molar-refractivity contribution < 1.29 is 9.18 Å². The van der Waals surface area contributed by atoms with Crippen LogP contribution in [0.2, 0.25) is 0 Å². The monoisotopic (exact) mass is 315 g/mol. The Kier molecular flexibility index (Phi) is 4.50. The summed E-state index contributed by atoms with van der Waals surface area (Å²) in [4.78, 5) is 32.0. The number of H-pyrrole nitrogens is 1. The minimum absolute atomic E-state index is 0.172. The number of nitrogens with one attached hydrogen (secondary N) is 1. The summed E-state index contributed by atoms with van der Waals surface area (Å²) in [5.41, 5.74) is 0.650. The van der Waals surface area contributed by atoms with Crippen molar-refractivity contribution in [3.05, 3.63) is 64.1 Å². The highest BCUT2D eigenvalue weighted by Gasteiger charge is 2.28. The lowest BCUT2D eigenvalue weighted by atomic mass is 10.0.